The van der Waals surface area contributed by atoms with Crippen LogP contribution in [0.1, 0.15) is 32.3 Å². The quantitative estimate of drug-likeness (QED) is 0.777. The van der Waals surface area contributed by atoms with Gasteiger partial charge in [0.05, 0.1) is 6.61 Å². The molecule has 2 N–H and O–H groups in total. The Kier molecular flexibility index (Phi) is 4.74. The maximum atomic E-state index is 9.47. The minimum atomic E-state index is -0.00426. The van der Waals surface area contributed by atoms with Crippen LogP contribution in [-0.2, 0) is 0 Å². The fourth-order valence-corrected chi connectivity index (χ4v) is 1.73. The highest BCUT2D eigenvalue weighted by Crippen LogP contribution is 2.26. The van der Waals surface area contributed by atoms with Crippen LogP contribution in [0.4, 0.5) is 5.69 Å². The Balaban J connectivity index is 2.66. The number of hydrogen-bond donors (Lipinski definition) is 2. The summed E-state index contributed by atoms with van der Waals surface area (Å²) in [6.45, 7) is 7.33. The Hall–Kier alpha value is -1.09. The first-order valence-electron chi connectivity index (χ1n) is 5.93. The maximum Gasteiger partial charge on any atom is 0.0504 e. The van der Waals surface area contributed by atoms with Crippen molar-refractivity contribution >= 4 is 5.69 Å². The molecular weight excluding hydrogens is 200 g/mol. The van der Waals surface area contributed by atoms with Gasteiger partial charge in [-0.05, 0) is 31.4 Å². The molecule has 0 saturated heterocycles. The molecule has 1 aromatic heterocycles. The molecule has 0 fully saturated rings. The van der Waals surface area contributed by atoms with Crippen molar-refractivity contribution in [2.45, 2.75) is 33.6 Å². The van der Waals surface area contributed by atoms with Crippen LogP contribution in [0.5, 0.6) is 0 Å². The second-order valence-electron chi connectivity index (χ2n) is 4.41. The van der Waals surface area contributed by atoms with Crippen LogP contribution in [0.25, 0.3) is 0 Å². The summed E-state index contributed by atoms with van der Waals surface area (Å²) in [7, 11) is 0. The van der Waals surface area contributed by atoms with Crippen LogP contribution >= 0.6 is 0 Å². The summed E-state index contributed by atoms with van der Waals surface area (Å²) in [4.78, 5) is 4.06. The van der Waals surface area contributed by atoms with Gasteiger partial charge in [-0.3, -0.25) is 4.98 Å². The normalized spacial score (nSPS) is 11.5. The Labute approximate surface area is 97.9 Å². The summed E-state index contributed by atoms with van der Waals surface area (Å²) >= 11 is 0. The number of rotatable bonds is 6. The Morgan fingerprint density at radius 1 is 1.38 bits per heavy atom. The molecule has 90 valence electrons. The van der Waals surface area contributed by atoms with Gasteiger partial charge in [0.2, 0.25) is 0 Å². The summed E-state index contributed by atoms with van der Waals surface area (Å²) in [6.07, 6.45) is 5.60. The maximum absolute atomic E-state index is 9.47. The van der Waals surface area contributed by atoms with E-state index in [9.17, 15) is 5.11 Å². The van der Waals surface area contributed by atoms with E-state index in [2.05, 4.69) is 24.1 Å². The standard InChI is InChI=1S/C13H22N2O/c1-4-13(5-2,10-16)9-15-12-6-7-14-8-11(12)3/h6-8,16H,4-5,9-10H2,1-3H3,(H,14,15). The van der Waals surface area contributed by atoms with E-state index < -0.39 is 0 Å². The summed E-state index contributed by atoms with van der Waals surface area (Å²) in [5.41, 5.74) is 2.24. The molecular formula is C13H22N2O. The van der Waals surface area contributed by atoms with Crippen LogP contribution in [0.15, 0.2) is 18.5 Å². The molecule has 0 aliphatic rings. The number of hydrogen-bond acceptors (Lipinski definition) is 3. The average molecular weight is 222 g/mol. The zero-order valence-electron chi connectivity index (χ0n) is 10.5. The van der Waals surface area contributed by atoms with Crippen LogP contribution in [0.3, 0.4) is 0 Å². The molecule has 0 bridgehead atoms. The number of anilines is 1. The van der Waals surface area contributed by atoms with Crippen molar-refractivity contribution in [2.24, 2.45) is 5.41 Å². The molecule has 0 aliphatic heterocycles. The lowest BCUT2D eigenvalue weighted by atomic mass is 9.83. The lowest BCUT2D eigenvalue weighted by Gasteiger charge is -2.30. The van der Waals surface area contributed by atoms with E-state index in [-0.39, 0.29) is 12.0 Å². The fraction of sp³-hybridized carbons (Fsp3) is 0.615. The van der Waals surface area contributed by atoms with Gasteiger partial charge in [-0.15, -0.1) is 0 Å². The average Bonchev–Trinajstić information content (AvgIpc) is 2.34. The van der Waals surface area contributed by atoms with Gasteiger partial charge in [0.25, 0.3) is 0 Å². The molecule has 1 heterocycles. The fourth-order valence-electron chi connectivity index (χ4n) is 1.73. The van der Waals surface area contributed by atoms with Crippen LogP contribution in [0.2, 0.25) is 0 Å². The van der Waals surface area contributed by atoms with Crippen molar-refractivity contribution < 1.29 is 5.11 Å². The molecule has 0 spiro atoms. The number of aliphatic hydroxyl groups is 1. The molecule has 0 unspecified atom stereocenters. The molecule has 0 saturated carbocycles. The summed E-state index contributed by atoms with van der Waals surface area (Å²) in [5, 5.41) is 12.9. The Morgan fingerprint density at radius 2 is 2.06 bits per heavy atom. The van der Waals surface area contributed by atoms with Gasteiger partial charge in [-0.2, -0.15) is 0 Å². The zero-order chi connectivity index (χ0) is 12.0. The molecule has 1 rings (SSSR count). The van der Waals surface area contributed by atoms with E-state index in [1.165, 1.54) is 0 Å². The van der Waals surface area contributed by atoms with E-state index >= 15 is 0 Å². The number of aromatic nitrogens is 1. The lowest BCUT2D eigenvalue weighted by molar-refractivity contribution is 0.127. The molecule has 0 amide bonds. The summed E-state index contributed by atoms with van der Waals surface area (Å²) < 4.78 is 0. The molecule has 3 heteroatoms. The predicted molar refractivity (Wildman–Crippen MR) is 67.6 cm³/mol. The SMILES string of the molecule is CCC(CC)(CO)CNc1ccncc1C. The van der Waals surface area contributed by atoms with Crippen molar-refractivity contribution in [1.82, 2.24) is 4.98 Å². The molecule has 1 aromatic rings. The van der Waals surface area contributed by atoms with E-state index in [0.717, 1.165) is 30.6 Å². The van der Waals surface area contributed by atoms with E-state index in [0.29, 0.717) is 0 Å². The number of aliphatic hydroxyl groups excluding tert-OH is 1. The zero-order valence-corrected chi connectivity index (χ0v) is 10.5. The van der Waals surface area contributed by atoms with Gasteiger partial charge in [-0.25, -0.2) is 0 Å². The van der Waals surface area contributed by atoms with Crippen molar-refractivity contribution in [3.05, 3.63) is 24.0 Å². The largest absolute Gasteiger partial charge is 0.396 e. The smallest absolute Gasteiger partial charge is 0.0504 e. The minimum Gasteiger partial charge on any atom is -0.396 e. The molecule has 16 heavy (non-hydrogen) atoms. The number of nitrogens with zero attached hydrogens (tertiary/aromatic N) is 1. The van der Waals surface area contributed by atoms with E-state index in [1.807, 2.05) is 19.2 Å². The summed E-state index contributed by atoms with van der Waals surface area (Å²) in [6, 6.07) is 1.97. The predicted octanol–water partition coefficient (Wildman–Crippen LogP) is 2.60. The number of pyridine rings is 1. The van der Waals surface area contributed by atoms with Crippen LogP contribution in [0, 0.1) is 12.3 Å². The van der Waals surface area contributed by atoms with Crippen molar-refractivity contribution in [3.63, 3.8) is 0 Å². The first-order chi connectivity index (χ1) is 7.67. The molecule has 0 atom stereocenters. The van der Waals surface area contributed by atoms with Crippen LogP contribution < -0.4 is 5.32 Å². The van der Waals surface area contributed by atoms with Crippen LogP contribution in [-0.4, -0.2) is 23.2 Å². The highest BCUT2D eigenvalue weighted by Gasteiger charge is 2.24. The van der Waals surface area contributed by atoms with Crippen molar-refractivity contribution in [2.75, 3.05) is 18.5 Å². The van der Waals surface area contributed by atoms with Gasteiger partial charge in [0.15, 0.2) is 0 Å². The minimum absolute atomic E-state index is 0.00426. The molecule has 3 nitrogen and oxygen atoms in total. The van der Waals surface area contributed by atoms with Gasteiger partial charge in [0.1, 0.15) is 0 Å². The highest BCUT2D eigenvalue weighted by molar-refractivity contribution is 5.48. The third-order valence-corrected chi connectivity index (χ3v) is 3.51. The second-order valence-corrected chi connectivity index (χ2v) is 4.41. The third kappa shape index (κ3) is 2.95. The van der Waals surface area contributed by atoms with E-state index in [1.54, 1.807) is 6.20 Å². The topological polar surface area (TPSA) is 45.1 Å². The van der Waals surface area contributed by atoms with E-state index in [4.69, 9.17) is 0 Å². The molecule has 0 aromatic carbocycles. The molecule has 0 aliphatic carbocycles. The monoisotopic (exact) mass is 222 g/mol. The third-order valence-electron chi connectivity index (χ3n) is 3.51. The van der Waals surface area contributed by atoms with Gasteiger partial charge >= 0.3 is 0 Å². The first kappa shape index (κ1) is 13.0. The Morgan fingerprint density at radius 3 is 2.56 bits per heavy atom. The van der Waals surface area contributed by atoms with Gasteiger partial charge in [0, 0.05) is 30.0 Å². The number of aryl methyl sites for hydroxylation is 1. The van der Waals surface area contributed by atoms with Gasteiger partial charge in [-0.1, -0.05) is 13.8 Å². The lowest BCUT2D eigenvalue weighted by Crippen LogP contribution is -2.32. The summed E-state index contributed by atoms with van der Waals surface area (Å²) in [5.74, 6) is 0. The molecule has 0 radical (unpaired) electrons. The number of nitrogens with one attached hydrogen (secondary N) is 1. The Bertz CT molecular complexity index is 313. The second kappa shape index (κ2) is 5.85. The van der Waals surface area contributed by atoms with Gasteiger partial charge < -0.3 is 10.4 Å². The first-order valence-corrected chi connectivity index (χ1v) is 5.93. The van der Waals surface area contributed by atoms with Crippen molar-refractivity contribution in [3.8, 4) is 0 Å². The highest BCUT2D eigenvalue weighted by atomic mass is 16.3. The van der Waals surface area contributed by atoms with Crippen molar-refractivity contribution in [1.29, 1.82) is 0 Å².